The summed E-state index contributed by atoms with van der Waals surface area (Å²) in [7, 11) is 0. The van der Waals surface area contributed by atoms with E-state index in [0.29, 0.717) is 21.2 Å². The average Bonchev–Trinajstić information content (AvgIpc) is 3.47. The molecule has 3 heterocycles. The number of amides is 1. The van der Waals surface area contributed by atoms with Crippen molar-refractivity contribution in [3.8, 4) is 5.69 Å². The Balaban J connectivity index is 1.34. The molecule has 3 unspecified atom stereocenters. The third-order valence-electron chi connectivity index (χ3n) is 7.22. The van der Waals surface area contributed by atoms with Crippen molar-refractivity contribution in [1.82, 2.24) is 13.1 Å². The molecular weight excluding hydrogens is 741 g/mol. The summed E-state index contributed by atoms with van der Waals surface area (Å²) >= 11 is -0.273. The van der Waals surface area contributed by atoms with Crippen molar-refractivity contribution in [2.75, 3.05) is 11.9 Å². The maximum atomic E-state index is 15.9. The van der Waals surface area contributed by atoms with E-state index in [4.69, 9.17) is 23.7 Å². The number of rotatable bonds is 7. The molecule has 51 heavy (non-hydrogen) atoms. The molecule has 4 aromatic rings. The molecule has 272 valence electrons. The van der Waals surface area contributed by atoms with Crippen molar-refractivity contribution < 1.29 is 46.8 Å². The van der Waals surface area contributed by atoms with Crippen LogP contribution in [0.2, 0.25) is 0 Å². The van der Waals surface area contributed by atoms with Gasteiger partial charge >= 0.3 is 183 Å². The molecular formula is C34H36F2N4O10Se. The number of hydrogen-bond acceptors (Lipinski definition) is 11. The number of ether oxygens (including phenoxy) is 5. The van der Waals surface area contributed by atoms with Crippen LogP contribution < -0.4 is 16.6 Å². The number of carbonyl (C=O) groups excluding carboxylic acids is 3. The average molecular weight is 778 g/mol. The van der Waals surface area contributed by atoms with Gasteiger partial charge in [-0.2, -0.15) is 8.78 Å². The van der Waals surface area contributed by atoms with Crippen LogP contribution in [-0.4, -0.2) is 82.0 Å². The fourth-order valence-electron chi connectivity index (χ4n) is 5.07. The van der Waals surface area contributed by atoms with Crippen LogP contribution in [0.15, 0.2) is 64.3 Å². The van der Waals surface area contributed by atoms with Gasteiger partial charge in [0.15, 0.2) is 0 Å². The van der Waals surface area contributed by atoms with Crippen LogP contribution in [0.1, 0.15) is 63.7 Å². The number of fused-ring (bicyclic) bond motifs is 1. The molecule has 0 bridgehead atoms. The van der Waals surface area contributed by atoms with Crippen LogP contribution in [0.3, 0.4) is 0 Å². The van der Waals surface area contributed by atoms with Crippen LogP contribution in [0.4, 0.5) is 24.2 Å². The Morgan fingerprint density at radius 2 is 1.65 bits per heavy atom. The number of anilines is 1. The van der Waals surface area contributed by atoms with E-state index < -0.39 is 66.1 Å². The molecule has 14 nitrogen and oxygen atoms in total. The van der Waals surface area contributed by atoms with Crippen molar-refractivity contribution >= 4 is 48.4 Å². The van der Waals surface area contributed by atoms with Crippen LogP contribution in [0.25, 0.3) is 15.3 Å². The molecule has 0 radical (unpaired) electrons. The van der Waals surface area contributed by atoms with Gasteiger partial charge in [-0.05, 0) is 41.5 Å². The van der Waals surface area contributed by atoms with Gasteiger partial charge in [-0.3, -0.25) is 0 Å². The van der Waals surface area contributed by atoms with E-state index in [9.17, 15) is 24.0 Å². The van der Waals surface area contributed by atoms with Crippen LogP contribution in [0, 0.1) is 6.92 Å². The molecule has 2 aromatic carbocycles. The summed E-state index contributed by atoms with van der Waals surface area (Å²) in [5, 5.41) is 3.11. The van der Waals surface area contributed by atoms with Crippen molar-refractivity contribution in [2.45, 2.75) is 84.0 Å². The predicted octanol–water partition coefficient (Wildman–Crippen LogP) is 4.97. The number of benzene rings is 2. The number of nitrogens with one attached hydrogen (secondary N) is 1. The van der Waals surface area contributed by atoms with E-state index in [-0.39, 0.29) is 31.7 Å². The van der Waals surface area contributed by atoms with E-state index in [0.717, 1.165) is 16.5 Å². The number of aromatic nitrogens is 3. The van der Waals surface area contributed by atoms with Gasteiger partial charge in [-0.15, -0.1) is 0 Å². The molecule has 1 fully saturated rings. The number of alkyl halides is 2. The van der Waals surface area contributed by atoms with E-state index in [1.54, 1.807) is 55.5 Å². The van der Waals surface area contributed by atoms with Gasteiger partial charge in [0.2, 0.25) is 6.10 Å². The minimum atomic E-state index is -4.06. The normalized spacial score (nSPS) is 18.6. The van der Waals surface area contributed by atoms with E-state index in [2.05, 4.69) is 10.3 Å². The first kappa shape index (κ1) is 37.4. The molecule has 1 aliphatic heterocycles. The number of hydrogen-bond donors (Lipinski definition) is 1. The number of halogens is 2. The van der Waals surface area contributed by atoms with Crippen molar-refractivity contribution in [2.24, 2.45) is 0 Å². The molecule has 1 N–H and O–H groups in total. The zero-order valence-corrected chi connectivity index (χ0v) is 30.4. The summed E-state index contributed by atoms with van der Waals surface area (Å²) in [6, 6.07) is 13.3. The standard InChI is InChI=1S/C34H36F2N4O10Se/c1-18-16-19(40-27(42)21-10-8-9-11-23(21)51-40)12-13-20(18)26(41)37-24-14-15-39(29(43)38-24)28-34(35,36)25(48-31(45)50-33(5,6)7)22(47-28)17-46-30(44)49-32(2,3)4/h8-16,22,25,28H,17H2,1-7H3,(H,37,38,41,43). The Kier molecular flexibility index (Phi) is 10.3. The molecule has 17 heteroatoms. The predicted molar refractivity (Wildman–Crippen MR) is 180 cm³/mol. The summed E-state index contributed by atoms with van der Waals surface area (Å²) in [6.07, 6.45) is -8.17. The molecule has 5 rings (SSSR count). The summed E-state index contributed by atoms with van der Waals surface area (Å²) in [6.45, 7) is 10.1. The quantitative estimate of drug-likeness (QED) is 0.199. The fourth-order valence-corrected chi connectivity index (χ4v) is 7.15. The second-order valence-electron chi connectivity index (χ2n) is 13.6. The number of nitrogens with zero attached hydrogens (tertiary/aromatic N) is 3. The zero-order chi connectivity index (χ0) is 37.5. The molecule has 2 aromatic heterocycles. The van der Waals surface area contributed by atoms with Crippen LogP contribution >= 0.6 is 0 Å². The van der Waals surface area contributed by atoms with E-state index in [1.807, 2.05) is 12.1 Å². The maximum absolute atomic E-state index is 15.9. The van der Waals surface area contributed by atoms with Gasteiger partial charge in [0.05, 0.1) is 0 Å². The first-order valence-electron chi connectivity index (χ1n) is 15.6. The monoisotopic (exact) mass is 778 g/mol. The third-order valence-corrected chi connectivity index (χ3v) is 9.56. The van der Waals surface area contributed by atoms with Gasteiger partial charge in [0.1, 0.15) is 23.9 Å². The first-order chi connectivity index (χ1) is 23.7. The number of aryl methyl sites for hydroxylation is 1. The molecule has 0 spiro atoms. The molecule has 3 atom stereocenters. The summed E-state index contributed by atoms with van der Waals surface area (Å²) < 4.78 is 60.3. The first-order valence-corrected chi connectivity index (χ1v) is 17.3. The molecule has 1 amide bonds. The van der Waals surface area contributed by atoms with E-state index >= 15 is 8.78 Å². The van der Waals surface area contributed by atoms with E-state index in [1.165, 1.54) is 26.8 Å². The molecule has 1 saturated heterocycles. The summed E-state index contributed by atoms with van der Waals surface area (Å²) in [5.74, 6) is -4.95. The summed E-state index contributed by atoms with van der Waals surface area (Å²) in [5.41, 5.74) is -2.03. The summed E-state index contributed by atoms with van der Waals surface area (Å²) in [4.78, 5) is 67.5. The van der Waals surface area contributed by atoms with Crippen molar-refractivity contribution in [1.29, 1.82) is 0 Å². The second kappa shape index (κ2) is 14.0. The van der Waals surface area contributed by atoms with Crippen molar-refractivity contribution in [3.05, 3.63) is 86.7 Å². The molecule has 0 aliphatic carbocycles. The van der Waals surface area contributed by atoms with Crippen molar-refractivity contribution in [3.63, 3.8) is 0 Å². The number of carbonyl (C=O) groups is 3. The minimum absolute atomic E-state index is 0.131. The Labute approximate surface area is 296 Å². The molecule has 0 saturated carbocycles. The second-order valence-corrected chi connectivity index (χ2v) is 15.7. The van der Waals surface area contributed by atoms with Crippen LogP contribution in [0.5, 0.6) is 0 Å². The van der Waals surface area contributed by atoms with Gasteiger partial charge in [-0.25, -0.2) is 9.59 Å². The Hall–Kier alpha value is -4.86. The SMILES string of the molecule is Cc1cc(-n2[se]c3ccccc3c2=O)ccc1C(=O)Nc1ccn(C2OC(COC(=O)OC(C)(C)C)C(OC(=O)OC(C)(C)C)C2(F)F)c(=O)n1. The zero-order valence-electron chi connectivity index (χ0n) is 28.7. The topological polar surface area (TPSA) is 166 Å². The molecule has 1 aliphatic rings. The Morgan fingerprint density at radius 3 is 2.27 bits per heavy atom. The van der Waals surface area contributed by atoms with Gasteiger partial charge < -0.3 is 23.7 Å². The van der Waals surface area contributed by atoms with Gasteiger partial charge in [-0.1, -0.05) is 0 Å². The third kappa shape index (κ3) is 8.55. The fraction of sp³-hybridized carbons (Fsp3) is 0.412. The van der Waals surface area contributed by atoms with Crippen LogP contribution in [-0.2, 0) is 23.7 Å². The Bertz CT molecular complexity index is 2100. The Morgan fingerprint density at radius 1 is 0.980 bits per heavy atom. The van der Waals surface area contributed by atoms with Gasteiger partial charge in [0.25, 0.3) is 0 Å². The van der Waals surface area contributed by atoms with Gasteiger partial charge in [0, 0.05) is 0 Å².